The number of rotatable bonds is 6. The molecule has 5 nitrogen and oxygen atoms in total. The summed E-state index contributed by atoms with van der Waals surface area (Å²) in [4.78, 5) is 4.44. The Labute approximate surface area is 125 Å². The zero-order valence-electron chi connectivity index (χ0n) is 13.0. The third-order valence-electron chi connectivity index (χ3n) is 3.78. The molecule has 1 heterocycles. The molecule has 1 aromatic heterocycles. The molecule has 1 N–H and O–H groups in total. The number of phenols is 1. The number of hydrogen-bond donors (Lipinski definition) is 1. The van der Waals surface area contributed by atoms with E-state index in [-0.39, 0.29) is 5.75 Å². The molecule has 0 atom stereocenters. The Balaban J connectivity index is 2.40. The van der Waals surface area contributed by atoms with Crippen LogP contribution in [-0.4, -0.2) is 21.9 Å². The molecule has 0 aliphatic rings. The molecular formula is C16H22N2O3. The first-order valence-electron chi connectivity index (χ1n) is 7.34. The molecule has 2 rings (SSSR count). The lowest BCUT2D eigenvalue weighted by molar-refractivity contribution is -0.0583. The van der Waals surface area contributed by atoms with Crippen LogP contribution in [0.5, 0.6) is 5.75 Å². The van der Waals surface area contributed by atoms with Gasteiger partial charge in [0.2, 0.25) is 5.82 Å². The summed E-state index contributed by atoms with van der Waals surface area (Å²) in [5.41, 5.74) is 0.982. The predicted molar refractivity (Wildman–Crippen MR) is 80.0 cm³/mol. The van der Waals surface area contributed by atoms with Gasteiger partial charge in [-0.2, -0.15) is 4.98 Å². The first kappa shape index (κ1) is 15.5. The van der Waals surface area contributed by atoms with Gasteiger partial charge in [0.1, 0.15) is 11.4 Å². The molecule has 0 aliphatic heterocycles. The topological polar surface area (TPSA) is 68.4 Å². The minimum atomic E-state index is -0.531. The van der Waals surface area contributed by atoms with E-state index in [1.54, 1.807) is 12.1 Å². The minimum Gasteiger partial charge on any atom is -0.507 e. The molecule has 0 spiro atoms. The van der Waals surface area contributed by atoms with Crippen LogP contribution >= 0.6 is 0 Å². The molecule has 0 saturated heterocycles. The summed E-state index contributed by atoms with van der Waals surface area (Å²) in [6.45, 7) is 8.53. The second kappa shape index (κ2) is 6.26. The van der Waals surface area contributed by atoms with Gasteiger partial charge < -0.3 is 14.4 Å². The molecule has 0 bridgehead atoms. The highest BCUT2D eigenvalue weighted by Crippen LogP contribution is 2.34. The monoisotopic (exact) mass is 290 g/mol. The zero-order chi connectivity index (χ0) is 15.5. The summed E-state index contributed by atoms with van der Waals surface area (Å²) in [5.74, 6) is 0.984. The Morgan fingerprint density at radius 1 is 1.24 bits per heavy atom. The van der Waals surface area contributed by atoms with E-state index >= 15 is 0 Å². The molecule has 0 aliphatic carbocycles. The fourth-order valence-corrected chi connectivity index (χ4v) is 2.45. The third-order valence-corrected chi connectivity index (χ3v) is 3.78. The molecule has 21 heavy (non-hydrogen) atoms. The lowest BCUT2D eigenvalue weighted by atomic mass is 9.96. The number of ether oxygens (including phenoxy) is 1. The molecule has 0 amide bonds. The van der Waals surface area contributed by atoms with E-state index in [1.165, 1.54) is 0 Å². The van der Waals surface area contributed by atoms with Crippen molar-refractivity contribution < 1.29 is 14.4 Å². The van der Waals surface area contributed by atoms with Gasteiger partial charge in [0.25, 0.3) is 5.89 Å². The van der Waals surface area contributed by atoms with E-state index in [9.17, 15) is 5.11 Å². The van der Waals surface area contributed by atoms with Crippen molar-refractivity contribution >= 4 is 0 Å². The average molecular weight is 290 g/mol. The number of benzene rings is 1. The Morgan fingerprint density at radius 3 is 2.52 bits per heavy atom. The maximum atomic E-state index is 10.0. The number of hydrogen-bond acceptors (Lipinski definition) is 5. The predicted octanol–water partition coefficient (Wildman–Crippen LogP) is 3.80. The maximum absolute atomic E-state index is 10.0. The van der Waals surface area contributed by atoms with Crippen LogP contribution in [0.3, 0.4) is 0 Å². The van der Waals surface area contributed by atoms with Crippen molar-refractivity contribution in [3.8, 4) is 17.2 Å². The van der Waals surface area contributed by atoms with E-state index in [4.69, 9.17) is 9.26 Å². The van der Waals surface area contributed by atoms with E-state index < -0.39 is 5.60 Å². The van der Waals surface area contributed by atoms with E-state index in [0.717, 1.165) is 18.4 Å². The van der Waals surface area contributed by atoms with Crippen LogP contribution in [0.4, 0.5) is 0 Å². The zero-order valence-corrected chi connectivity index (χ0v) is 13.0. The Bertz CT molecular complexity index is 603. The largest absolute Gasteiger partial charge is 0.507 e. The highest BCUT2D eigenvalue weighted by molar-refractivity contribution is 5.62. The van der Waals surface area contributed by atoms with Gasteiger partial charge in [-0.25, -0.2) is 0 Å². The van der Waals surface area contributed by atoms with Crippen LogP contribution in [0.2, 0.25) is 0 Å². The summed E-state index contributed by atoms with van der Waals surface area (Å²) < 4.78 is 11.2. The summed E-state index contributed by atoms with van der Waals surface area (Å²) in [7, 11) is 0. The number of nitrogens with zero attached hydrogens (tertiary/aromatic N) is 2. The molecule has 2 aromatic rings. The Hall–Kier alpha value is -1.88. The van der Waals surface area contributed by atoms with E-state index in [1.807, 2.05) is 33.8 Å². The second-order valence-corrected chi connectivity index (χ2v) is 5.08. The van der Waals surface area contributed by atoms with Crippen molar-refractivity contribution in [3.05, 3.63) is 29.6 Å². The number of aromatic nitrogens is 2. The number of aromatic hydroxyl groups is 1. The molecule has 1 aromatic carbocycles. The van der Waals surface area contributed by atoms with Crippen LogP contribution < -0.4 is 0 Å². The van der Waals surface area contributed by atoms with Gasteiger partial charge in [-0.15, -0.1) is 0 Å². The van der Waals surface area contributed by atoms with Crippen LogP contribution in [0.1, 0.15) is 45.0 Å². The fraction of sp³-hybridized carbons (Fsp3) is 0.500. The lowest BCUT2D eigenvalue weighted by Crippen LogP contribution is -2.29. The van der Waals surface area contributed by atoms with Gasteiger partial charge in [-0.1, -0.05) is 25.1 Å². The van der Waals surface area contributed by atoms with Gasteiger partial charge in [0.05, 0.1) is 5.56 Å². The SMILES string of the molecule is CCOC(CC)(CC)c1noc(-c2ccc(C)cc2O)n1. The van der Waals surface area contributed by atoms with Gasteiger partial charge in [-0.05, 0) is 44.4 Å². The standard InChI is InChI=1S/C16H22N2O3/c1-5-16(6-2,20-7-3)15-17-14(21-18-15)12-9-8-11(4)10-13(12)19/h8-10,19H,5-7H2,1-4H3. The summed E-state index contributed by atoms with van der Waals surface area (Å²) in [6.07, 6.45) is 1.52. The van der Waals surface area contributed by atoms with Crippen molar-refractivity contribution in [3.63, 3.8) is 0 Å². The van der Waals surface area contributed by atoms with Gasteiger partial charge in [-0.3, -0.25) is 0 Å². The van der Waals surface area contributed by atoms with E-state index in [2.05, 4.69) is 10.1 Å². The summed E-state index contributed by atoms with van der Waals surface area (Å²) >= 11 is 0. The normalized spacial score (nSPS) is 11.8. The van der Waals surface area contributed by atoms with Gasteiger partial charge >= 0.3 is 0 Å². The average Bonchev–Trinajstić information content (AvgIpc) is 2.95. The molecule has 0 fully saturated rings. The first-order valence-corrected chi connectivity index (χ1v) is 7.34. The van der Waals surface area contributed by atoms with Crippen molar-refractivity contribution in [2.24, 2.45) is 0 Å². The van der Waals surface area contributed by atoms with Crippen LogP contribution in [0.15, 0.2) is 22.7 Å². The Morgan fingerprint density at radius 2 is 1.95 bits per heavy atom. The number of phenolic OH excluding ortho intramolecular Hbond substituents is 1. The second-order valence-electron chi connectivity index (χ2n) is 5.08. The highest BCUT2D eigenvalue weighted by Gasteiger charge is 2.34. The Kier molecular flexibility index (Phi) is 4.63. The maximum Gasteiger partial charge on any atom is 0.261 e. The lowest BCUT2D eigenvalue weighted by Gasteiger charge is -2.27. The highest BCUT2D eigenvalue weighted by atomic mass is 16.5. The summed E-state index contributed by atoms with van der Waals surface area (Å²) in [6, 6.07) is 5.35. The smallest absolute Gasteiger partial charge is 0.261 e. The van der Waals surface area contributed by atoms with Crippen LogP contribution in [0, 0.1) is 6.92 Å². The molecule has 0 radical (unpaired) electrons. The van der Waals surface area contributed by atoms with Crippen molar-refractivity contribution in [2.45, 2.75) is 46.1 Å². The van der Waals surface area contributed by atoms with Crippen molar-refractivity contribution in [1.82, 2.24) is 10.1 Å². The molecular weight excluding hydrogens is 268 g/mol. The first-order chi connectivity index (χ1) is 10.1. The third kappa shape index (κ3) is 2.93. The fourth-order valence-electron chi connectivity index (χ4n) is 2.45. The van der Waals surface area contributed by atoms with Crippen molar-refractivity contribution in [2.75, 3.05) is 6.61 Å². The molecule has 0 unspecified atom stereocenters. The summed E-state index contributed by atoms with van der Waals surface area (Å²) in [5, 5.41) is 14.1. The van der Waals surface area contributed by atoms with Crippen LogP contribution in [-0.2, 0) is 10.3 Å². The van der Waals surface area contributed by atoms with Gasteiger partial charge in [0, 0.05) is 6.61 Å². The van der Waals surface area contributed by atoms with E-state index in [0.29, 0.717) is 23.9 Å². The number of aryl methyl sites for hydroxylation is 1. The molecule has 5 heteroatoms. The van der Waals surface area contributed by atoms with Crippen LogP contribution in [0.25, 0.3) is 11.5 Å². The van der Waals surface area contributed by atoms with Gasteiger partial charge in [0.15, 0.2) is 0 Å². The molecule has 0 saturated carbocycles. The van der Waals surface area contributed by atoms with Crippen molar-refractivity contribution in [1.29, 1.82) is 0 Å². The minimum absolute atomic E-state index is 0.139. The molecule has 114 valence electrons. The quantitative estimate of drug-likeness (QED) is 0.876.